The van der Waals surface area contributed by atoms with Gasteiger partial charge in [0, 0.05) is 18.7 Å². The van der Waals surface area contributed by atoms with Gasteiger partial charge >= 0.3 is 5.97 Å². The number of para-hydroxylation sites is 1. The quantitative estimate of drug-likeness (QED) is 0.686. The number of anilines is 1. The van der Waals surface area contributed by atoms with Gasteiger partial charge in [0.2, 0.25) is 15.9 Å². The number of cyclic esters (lactones) is 1. The van der Waals surface area contributed by atoms with Crippen molar-refractivity contribution in [3.63, 3.8) is 0 Å². The number of ether oxygens (including phenoxy) is 1. The van der Waals surface area contributed by atoms with Crippen LogP contribution in [0.25, 0.3) is 0 Å². The molecule has 0 spiro atoms. The Morgan fingerprint density at radius 1 is 1.06 bits per heavy atom. The third-order valence-electron chi connectivity index (χ3n) is 6.05. The van der Waals surface area contributed by atoms with Crippen molar-refractivity contribution in [2.45, 2.75) is 55.6 Å². The van der Waals surface area contributed by atoms with Crippen LogP contribution in [0, 0.1) is 0 Å². The molecule has 8 heteroatoms. The molecule has 1 atom stereocenters. The molecule has 164 valence electrons. The molecule has 1 saturated carbocycles. The average molecular weight is 443 g/mol. The topological polar surface area (TPSA) is 92.8 Å². The van der Waals surface area contributed by atoms with Crippen LogP contribution < -0.4 is 5.32 Å². The van der Waals surface area contributed by atoms with Crippen LogP contribution in [0.2, 0.25) is 0 Å². The Morgan fingerprint density at radius 3 is 2.52 bits per heavy atom. The van der Waals surface area contributed by atoms with Crippen LogP contribution in [-0.4, -0.2) is 37.7 Å². The maximum Gasteiger partial charge on any atom is 0.339 e. The zero-order chi connectivity index (χ0) is 22.0. The number of nitrogens with one attached hydrogen (secondary N) is 1. The van der Waals surface area contributed by atoms with E-state index in [0.29, 0.717) is 11.1 Å². The van der Waals surface area contributed by atoms with Gasteiger partial charge in [0.25, 0.3) is 0 Å². The lowest BCUT2D eigenvalue weighted by molar-refractivity contribution is -0.118. The van der Waals surface area contributed by atoms with Crippen molar-refractivity contribution in [2.75, 3.05) is 12.4 Å². The smallest absolute Gasteiger partial charge is 0.339 e. The summed E-state index contributed by atoms with van der Waals surface area (Å²) in [4.78, 5) is 24.8. The summed E-state index contributed by atoms with van der Waals surface area (Å²) < 4.78 is 33.3. The summed E-state index contributed by atoms with van der Waals surface area (Å²) in [6, 6.07) is 13.3. The first-order valence-electron chi connectivity index (χ1n) is 10.5. The van der Waals surface area contributed by atoms with Crippen molar-refractivity contribution in [2.24, 2.45) is 0 Å². The Bertz CT molecular complexity index is 1090. The van der Waals surface area contributed by atoms with Gasteiger partial charge in [-0.1, -0.05) is 49.6 Å². The Labute approximate surface area is 182 Å². The van der Waals surface area contributed by atoms with Crippen LogP contribution in [0.15, 0.2) is 53.4 Å². The molecule has 1 amide bonds. The highest BCUT2D eigenvalue weighted by atomic mass is 32.2. The van der Waals surface area contributed by atoms with Gasteiger partial charge in [0.1, 0.15) is 11.0 Å². The van der Waals surface area contributed by atoms with Gasteiger partial charge in [-0.15, -0.1) is 0 Å². The first-order chi connectivity index (χ1) is 14.9. The minimum absolute atomic E-state index is 0.0306. The Morgan fingerprint density at radius 2 is 1.74 bits per heavy atom. The normalized spacial score (nSPS) is 19.2. The molecule has 0 aromatic heterocycles. The maximum absolute atomic E-state index is 13.3. The van der Waals surface area contributed by atoms with Gasteiger partial charge in [-0.05, 0) is 31.0 Å². The van der Waals surface area contributed by atoms with Crippen molar-refractivity contribution < 1.29 is 22.7 Å². The molecule has 7 nitrogen and oxygen atoms in total. The van der Waals surface area contributed by atoms with Gasteiger partial charge < -0.3 is 10.1 Å². The molecular formula is C23H26N2O5S. The predicted octanol–water partition coefficient (Wildman–Crippen LogP) is 3.88. The zero-order valence-corrected chi connectivity index (χ0v) is 18.2. The molecule has 2 aromatic carbocycles. The van der Waals surface area contributed by atoms with E-state index < -0.39 is 28.0 Å². The minimum atomic E-state index is -3.77. The second-order valence-electron chi connectivity index (χ2n) is 8.04. The molecule has 1 heterocycles. The minimum Gasteiger partial charge on any atom is -0.453 e. The molecule has 4 rings (SSSR count). The number of hydrogen-bond acceptors (Lipinski definition) is 5. The number of esters is 1. The molecular weight excluding hydrogens is 416 g/mol. The number of carbonyl (C=O) groups excluding carboxylic acids is 2. The largest absolute Gasteiger partial charge is 0.453 e. The number of carbonyl (C=O) groups is 2. The number of benzene rings is 2. The fourth-order valence-corrected chi connectivity index (χ4v) is 5.89. The van der Waals surface area contributed by atoms with Crippen molar-refractivity contribution in [3.05, 3.63) is 59.7 Å². The highest BCUT2D eigenvalue weighted by Crippen LogP contribution is 2.34. The van der Waals surface area contributed by atoms with E-state index in [4.69, 9.17) is 4.74 Å². The van der Waals surface area contributed by atoms with Crippen molar-refractivity contribution in [1.29, 1.82) is 0 Å². The van der Waals surface area contributed by atoms with E-state index in [1.54, 1.807) is 49.5 Å². The maximum atomic E-state index is 13.3. The van der Waals surface area contributed by atoms with Crippen LogP contribution in [0.5, 0.6) is 0 Å². The van der Waals surface area contributed by atoms with Gasteiger partial charge in [-0.2, -0.15) is 4.31 Å². The van der Waals surface area contributed by atoms with Crippen LogP contribution in [-0.2, 0) is 19.6 Å². The third kappa shape index (κ3) is 4.36. The summed E-state index contributed by atoms with van der Waals surface area (Å²) >= 11 is 0. The molecule has 0 radical (unpaired) electrons. The number of sulfonamides is 1. The highest BCUT2D eigenvalue weighted by molar-refractivity contribution is 7.89. The van der Waals surface area contributed by atoms with Crippen molar-refractivity contribution >= 4 is 27.6 Å². The second kappa shape index (κ2) is 8.80. The molecule has 0 saturated heterocycles. The standard InChI is InChI=1S/C23H26N2O5S/c1-25(16-9-3-2-4-10-16)31(28,29)21-14-8-7-13-19(21)24-22(26)15-20-17-11-5-6-12-18(17)23(27)30-20/h5-8,11-14,16,20H,2-4,9-10,15H2,1H3,(H,24,26). The summed E-state index contributed by atoms with van der Waals surface area (Å²) in [5, 5.41) is 2.71. The molecule has 31 heavy (non-hydrogen) atoms. The summed E-state index contributed by atoms with van der Waals surface area (Å²) in [5.74, 6) is -0.872. The van der Waals surface area contributed by atoms with E-state index >= 15 is 0 Å². The van der Waals surface area contributed by atoms with Crippen LogP contribution >= 0.6 is 0 Å². The highest BCUT2D eigenvalue weighted by Gasteiger charge is 2.33. The summed E-state index contributed by atoms with van der Waals surface area (Å²) in [6.07, 6.45) is 4.08. The molecule has 1 aliphatic carbocycles. The van der Waals surface area contributed by atoms with Gasteiger partial charge in [-0.25, -0.2) is 13.2 Å². The van der Waals surface area contributed by atoms with E-state index in [9.17, 15) is 18.0 Å². The SMILES string of the molecule is CN(C1CCCCC1)S(=O)(=O)c1ccccc1NC(=O)CC1OC(=O)c2ccccc21. The van der Waals surface area contributed by atoms with Gasteiger partial charge in [0.05, 0.1) is 17.7 Å². The van der Waals surface area contributed by atoms with Crippen molar-refractivity contribution in [1.82, 2.24) is 4.31 Å². The lowest BCUT2D eigenvalue weighted by Crippen LogP contribution is -2.38. The Hall–Kier alpha value is -2.71. The number of nitrogens with zero attached hydrogens (tertiary/aromatic N) is 1. The molecule has 1 unspecified atom stereocenters. The summed E-state index contributed by atoms with van der Waals surface area (Å²) in [5.41, 5.74) is 1.35. The van der Waals surface area contributed by atoms with E-state index in [-0.39, 0.29) is 23.0 Å². The van der Waals surface area contributed by atoms with Crippen molar-refractivity contribution in [3.8, 4) is 0 Å². The molecule has 1 fully saturated rings. The lowest BCUT2D eigenvalue weighted by Gasteiger charge is -2.31. The fourth-order valence-electron chi connectivity index (χ4n) is 4.33. The number of fused-ring (bicyclic) bond motifs is 1. The molecule has 1 N–H and O–H groups in total. The monoisotopic (exact) mass is 442 g/mol. The molecule has 1 aliphatic heterocycles. The summed E-state index contributed by atoms with van der Waals surface area (Å²) in [6.45, 7) is 0. The second-order valence-corrected chi connectivity index (χ2v) is 10.0. The summed E-state index contributed by atoms with van der Waals surface area (Å²) in [7, 11) is -2.16. The van der Waals surface area contributed by atoms with Crippen LogP contribution in [0.1, 0.15) is 60.6 Å². The Balaban J connectivity index is 1.51. The first kappa shape index (κ1) is 21.5. The van der Waals surface area contributed by atoms with E-state index in [2.05, 4.69) is 5.32 Å². The van der Waals surface area contributed by atoms with Crippen LogP contribution in [0.3, 0.4) is 0 Å². The number of hydrogen-bond donors (Lipinski definition) is 1. The van der Waals surface area contributed by atoms with Gasteiger partial charge in [-0.3, -0.25) is 4.79 Å². The number of amides is 1. The van der Waals surface area contributed by atoms with Crippen LogP contribution in [0.4, 0.5) is 5.69 Å². The van der Waals surface area contributed by atoms with E-state index in [1.807, 2.05) is 0 Å². The fraction of sp³-hybridized carbons (Fsp3) is 0.391. The van der Waals surface area contributed by atoms with Gasteiger partial charge in [0.15, 0.2) is 0 Å². The average Bonchev–Trinajstić information content (AvgIpc) is 3.09. The zero-order valence-electron chi connectivity index (χ0n) is 17.4. The Kier molecular flexibility index (Phi) is 6.11. The molecule has 2 aromatic rings. The molecule has 0 bridgehead atoms. The lowest BCUT2D eigenvalue weighted by atomic mass is 9.96. The first-order valence-corrected chi connectivity index (χ1v) is 12.0. The molecule has 2 aliphatic rings. The predicted molar refractivity (Wildman–Crippen MR) is 116 cm³/mol. The number of rotatable bonds is 6. The van der Waals surface area contributed by atoms with E-state index in [0.717, 1.165) is 32.1 Å². The van der Waals surface area contributed by atoms with E-state index in [1.165, 1.54) is 10.4 Å². The third-order valence-corrected chi connectivity index (χ3v) is 8.02.